The number of nitrogens with zero attached hydrogens (tertiary/aromatic N) is 1. The SMILES string of the molecule is CC1(C)c2cc(-c3ccc4[nH]c5ccccc5c4c3)ccc2-c2ccc(N(c3ccccc3)c3cccc4ccccc34)cc21. The first-order chi connectivity index (χ1) is 22.1. The zero-order valence-electron chi connectivity index (χ0n) is 25.4. The molecule has 2 nitrogen and oxygen atoms in total. The predicted octanol–water partition coefficient (Wildman–Crippen LogP) is 11.9. The molecule has 0 aliphatic heterocycles. The van der Waals surface area contributed by atoms with Gasteiger partial charge in [-0.1, -0.05) is 111 Å². The lowest BCUT2D eigenvalue weighted by Crippen LogP contribution is -2.16. The van der Waals surface area contributed by atoms with E-state index in [9.17, 15) is 0 Å². The summed E-state index contributed by atoms with van der Waals surface area (Å²) in [6.07, 6.45) is 0. The zero-order chi connectivity index (χ0) is 30.1. The number of anilines is 3. The van der Waals surface area contributed by atoms with E-state index in [1.165, 1.54) is 77.3 Å². The van der Waals surface area contributed by atoms with Crippen molar-refractivity contribution in [1.82, 2.24) is 4.98 Å². The maximum atomic E-state index is 3.57. The van der Waals surface area contributed by atoms with Gasteiger partial charge in [-0.3, -0.25) is 0 Å². The van der Waals surface area contributed by atoms with Gasteiger partial charge in [0.2, 0.25) is 0 Å². The molecule has 0 atom stereocenters. The molecule has 1 aromatic heterocycles. The third kappa shape index (κ3) is 3.96. The van der Waals surface area contributed by atoms with Crippen molar-refractivity contribution < 1.29 is 0 Å². The molecule has 0 amide bonds. The van der Waals surface area contributed by atoms with Gasteiger partial charge in [0.15, 0.2) is 0 Å². The van der Waals surface area contributed by atoms with Gasteiger partial charge in [-0.2, -0.15) is 0 Å². The van der Waals surface area contributed by atoms with E-state index in [-0.39, 0.29) is 5.41 Å². The van der Waals surface area contributed by atoms with E-state index in [0.29, 0.717) is 0 Å². The van der Waals surface area contributed by atoms with Gasteiger partial charge in [0.25, 0.3) is 0 Å². The fraction of sp³-hybridized carbons (Fsp3) is 0.0698. The van der Waals surface area contributed by atoms with E-state index in [0.717, 1.165) is 5.69 Å². The Hall–Kier alpha value is -5.60. The van der Waals surface area contributed by atoms with Crippen molar-refractivity contribution >= 4 is 49.6 Å². The smallest absolute Gasteiger partial charge is 0.0540 e. The Labute approximate surface area is 263 Å². The topological polar surface area (TPSA) is 19.0 Å². The fourth-order valence-corrected chi connectivity index (χ4v) is 7.48. The van der Waals surface area contributed by atoms with Crippen LogP contribution in [0.1, 0.15) is 25.0 Å². The minimum Gasteiger partial charge on any atom is -0.355 e. The molecular formula is C43H32N2. The number of hydrogen-bond acceptors (Lipinski definition) is 1. The van der Waals surface area contributed by atoms with Crippen molar-refractivity contribution in [2.75, 3.05) is 4.90 Å². The lowest BCUT2D eigenvalue weighted by atomic mass is 9.81. The maximum absolute atomic E-state index is 3.57. The van der Waals surface area contributed by atoms with Crippen molar-refractivity contribution in [3.63, 3.8) is 0 Å². The molecule has 45 heavy (non-hydrogen) atoms. The molecule has 7 aromatic carbocycles. The predicted molar refractivity (Wildman–Crippen MR) is 191 cm³/mol. The molecule has 0 bridgehead atoms. The van der Waals surface area contributed by atoms with Crippen LogP contribution < -0.4 is 4.90 Å². The summed E-state index contributed by atoms with van der Waals surface area (Å²) in [7, 11) is 0. The second kappa shape index (κ2) is 9.70. The highest BCUT2D eigenvalue weighted by atomic mass is 15.1. The molecule has 0 spiro atoms. The van der Waals surface area contributed by atoms with E-state index >= 15 is 0 Å². The Bertz CT molecular complexity index is 2410. The summed E-state index contributed by atoms with van der Waals surface area (Å²) in [6.45, 7) is 4.75. The Morgan fingerprint density at radius 2 is 1.11 bits per heavy atom. The van der Waals surface area contributed by atoms with Gasteiger partial charge < -0.3 is 9.88 Å². The van der Waals surface area contributed by atoms with Crippen LogP contribution >= 0.6 is 0 Å². The number of benzene rings is 7. The minimum absolute atomic E-state index is 0.150. The molecular weight excluding hydrogens is 544 g/mol. The quantitative estimate of drug-likeness (QED) is 0.221. The Balaban J connectivity index is 1.17. The minimum atomic E-state index is -0.150. The molecule has 9 rings (SSSR count). The molecule has 0 fully saturated rings. The summed E-state index contributed by atoms with van der Waals surface area (Å²) in [4.78, 5) is 5.97. The Kier molecular flexibility index (Phi) is 5.58. The summed E-state index contributed by atoms with van der Waals surface area (Å²) in [5.74, 6) is 0. The van der Waals surface area contributed by atoms with Crippen molar-refractivity contribution in [3.8, 4) is 22.3 Å². The fourth-order valence-electron chi connectivity index (χ4n) is 7.48. The molecule has 0 unspecified atom stereocenters. The number of fused-ring (bicyclic) bond motifs is 7. The van der Waals surface area contributed by atoms with Crippen molar-refractivity contribution in [2.45, 2.75) is 19.3 Å². The third-order valence-electron chi connectivity index (χ3n) is 9.78. The van der Waals surface area contributed by atoms with Gasteiger partial charge in [0, 0.05) is 44.0 Å². The van der Waals surface area contributed by atoms with Gasteiger partial charge in [-0.15, -0.1) is 0 Å². The number of para-hydroxylation sites is 2. The van der Waals surface area contributed by atoms with Crippen LogP contribution in [0.2, 0.25) is 0 Å². The van der Waals surface area contributed by atoms with Crippen LogP contribution in [0.4, 0.5) is 17.1 Å². The van der Waals surface area contributed by atoms with E-state index in [1.807, 2.05) is 0 Å². The zero-order valence-corrected chi connectivity index (χ0v) is 25.4. The summed E-state index contributed by atoms with van der Waals surface area (Å²) in [5, 5.41) is 5.02. The molecule has 1 aliphatic carbocycles. The molecule has 214 valence electrons. The van der Waals surface area contributed by atoms with Crippen molar-refractivity contribution in [3.05, 3.63) is 163 Å². The van der Waals surface area contributed by atoms with Crippen LogP contribution in [0.3, 0.4) is 0 Å². The standard InChI is InChI=1S/C43H32N2/c1-43(2)38-26-30(29-20-24-41-37(25-29)36-16-8-9-17-40(36)44-41)19-22-34(38)35-23-21-32(27-39(35)43)45(31-13-4-3-5-14-31)42-18-10-12-28-11-6-7-15-33(28)42/h3-27,44H,1-2H3. The van der Waals surface area contributed by atoms with Gasteiger partial charge in [0.05, 0.1) is 5.69 Å². The van der Waals surface area contributed by atoms with Gasteiger partial charge in [-0.05, 0) is 93.4 Å². The van der Waals surface area contributed by atoms with Crippen LogP contribution in [-0.4, -0.2) is 4.98 Å². The molecule has 0 radical (unpaired) electrons. The molecule has 1 heterocycles. The average molecular weight is 577 g/mol. The summed E-state index contributed by atoms with van der Waals surface area (Å²) in [6, 6.07) is 55.4. The van der Waals surface area contributed by atoms with Crippen LogP contribution in [0.25, 0.3) is 54.8 Å². The highest BCUT2D eigenvalue weighted by molar-refractivity contribution is 6.08. The molecule has 2 heteroatoms. The van der Waals surface area contributed by atoms with Crippen LogP contribution in [0.15, 0.2) is 152 Å². The lowest BCUT2D eigenvalue weighted by Gasteiger charge is -2.29. The molecule has 1 N–H and O–H groups in total. The number of H-pyrrole nitrogens is 1. The maximum Gasteiger partial charge on any atom is 0.0540 e. The number of nitrogens with one attached hydrogen (secondary N) is 1. The van der Waals surface area contributed by atoms with Crippen LogP contribution in [0, 0.1) is 0 Å². The first kappa shape index (κ1) is 25.9. The van der Waals surface area contributed by atoms with Gasteiger partial charge in [0.1, 0.15) is 0 Å². The van der Waals surface area contributed by atoms with Gasteiger partial charge >= 0.3 is 0 Å². The molecule has 1 aliphatic rings. The first-order valence-corrected chi connectivity index (χ1v) is 15.7. The van der Waals surface area contributed by atoms with E-state index < -0.39 is 0 Å². The highest BCUT2D eigenvalue weighted by Crippen LogP contribution is 2.52. The van der Waals surface area contributed by atoms with Crippen molar-refractivity contribution in [1.29, 1.82) is 0 Å². The van der Waals surface area contributed by atoms with Gasteiger partial charge in [-0.25, -0.2) is 0 Å². The molecule has 8 aromatic rings. The number of hydrogen-bond donors (Lipinski definition) is 1. The van der Waals surface area contributed by atoms with Crippen LogP contribution in [-0.2, 0) is 5.41 Å². The largest absolute Gasteiger partial charge is 0.355 e. The van der Waals surface area contributed by atoms with E-state index in [4.69, 9.17) is 0 Å². The monoisotopic (exact) mass is 576 g/mol. The third-order valence-corrected chi connectivity index (χ3v) is 9.78. The normalized spacial score (nSPS) is 13.3. The first-order valence-electron chi connectivity index (χ1n) is 15.7. The van der Waals surface area contributed by atoms with Crippen LogP contribution in [0.5, 0.6) is 0 Å². The second-order valence-electron chi connectivity index (χ2n) is 12.7. The van der Waals surface area contributed by atoms with E-state index in [1.54, 1.807) is 0 Å². The highest BCUT2D eigenvalue weighted by Gasteiger charge is 2.36. The number of rotatable bonds is 4. The van der Waals surface area contributed by atoms with Crippen molar-refractivity contribution in [2.24, 2.45) is 0 Å². The Morgan fingerprint density at radius 1 is 0.467 bits per heavy atom. The molecule has 0 saturated heterocycles. The summed E-state index contributed by atoms with van der Waals surface area (Å²) in [5.41, 5.74) is 13.6. The Morgan fingerprint density at radius 3 is 1.98 bits per heavy atom. The van der Waals surface area contributed by atoms with E-state index in [2.05, 4.69) is 175 Å². The summed E-state index contributed by atoms with van der Waals surface area (Å²) < 4.78 is 0. The summed E-state index contributed by atoms with van der Waals surface area (Å²) >= 11 is 0. The molecule has 0 saturated carbocycles. The number of aromatic nitrogens is 1. The number of aromatic amines is 1. The second-order valence-corrected chi connectivity index (χ2v) is 12.7. The lowest BCUT2D eigenvalue weighted by molar-refractivity contribution is 0.660. The average Bonchev–Trinajstić information content (AvgIpc) is 3.57.